The van der Waals surface area contributed by atoms with Crippen LogP contribution in [-0.4, -0.2) is 16.0 Å². The molecule has 2 unspecified atom stereocenters. The third-order valence-electron chi connectivity index (χ3n) is 4.41. The van der Waals surface area contributed by atoms with Gasteiger partial charge in [0.1, 0.15) is 5.82 Å². The molecule has 2 aliphatic rings. The van der Waals surface area contributed by atoms with Gasteiger partial charge in [-0.1, -0.05) is 12.8 Å². The maximum absolute atomic E-state index is 4.45. The first-order chi connectivity index (χ1) is 8.81. The molecule has 3 nitrogen and oxygen atoms in total. The second kappa shape index (κ2) is 5.35. The molecule has 3 rings (SSSR count). The van der Waals surface area contributed by atoms with Crippen LogP contribution in [0.5, 0.6) is 0 Å². The molecule has 0 spiro atoms. The van der Waals surface area contributed by atoms with Crippen LogP contribution in [0.3, 0.4) is 0 Å². The van der Waals surface area contributed by atoms with Crippen LogP contribution in [0, 0.1) is 18.8 Å². The summed E-state index contributed by atoms with van der Waals surface area (Å²) in [6, 6.07) is 2.72. The van der Waals surface area contributed by atoms with Crippen LogP contribution in [0.15, 0.2) is 12.3 Å². The van der Waals surface area contributed by atoms with Gasteiger partial charge in [0.25, 0.3) is 0 Å². The van der Waals surface area contributed by atoms with Crippen molar-refractivity contribution < 1.29 is 0 Å². The maximum atomic E-state index is 4.45. The molecular weight excluding hydrogens is 222 g/mol. The monoisotopic (exact) mass is 245 g/mol. The van der Waals surface area contributed by atoms with E-state index >= 15 is 0 Å². The smallest absolute Gasteiger partial charge is 0.125 e. The second-order valence-corrected chi connectivity index (χ2v) is 5.94. The van der Waals surface area contributed by atoms with Crippen LogP contribution in [0.4, 0.5) is 0 Å². The third kappa shape index (κ3) is 3.08. The van der Waals surface area contributed by atoms with E-state index in [2.05, 4.69) is 15.3 Å². The van der Waals surface area contributed by atoms with Crippen molar-refractivity contribution in [3.63, 3.8) is 0 Å². The zero-order chi connectivity index (χ0) is 12.4. The summed E-state index contributed by atoms with van der Waals surface area (Å²) in [5.74, 6) is 2.94. The van der Waals surface area contributed by atoms with Gasteiger partial charge >= 0.3 is 0 Å². The Kier molecular flexibility index (Phi) is 3.59. The standard InChI is InChI=1S/C15H23N3/c1-11-16-8-7-15(18-11)10-17-14-4-2-3-13(9-14)12-5-6-12/h7-8,12-14,17H,2-6,9-10H2,1H3. The first kappa shape index (κ1) is 12.1. The third-order valence-corrected chi connectivity index (χ3v) is 4.41. The Labute approximate surface area is 109 Å². The van der Waals surface area contributed by atoms with E-state index in [1.165, 1.54) is 38.5 Å². The predicted octanol–water partition coefficient (Wildman–Crippen LogP) is 2.84. The fourth-order valence-corrected chi connectivity index (χ4v) is 3.26. The SMILES string of the molecule is Cc1nccc(CNC2CCCC(C3CC3)C2)n1. The summed E-state index contributed by atoms with van der Waals surface area (Å²) in [7, 11) is 0. The molecule has 1 aromatic rings. The second-order valence-electron chi connectivity index (χ2n) is 5.94. The number of nitrogens with one attached hydrogen (secondary N) is 1. The molecule has 0 aliphatic heterocycles. The minimum atomic E-state index is 0.708. The topological polar surface area (TPSA) is 37.8 Å². The fraction of sp³-hybridized carbons (Fsp3) is 0.733. The lowest BCUT2D eigenvalue weighted by Gasteiger charge is -2.30. The number of aromatic nitrogens is 2. The summed E-state index contributed by atoms with van der Waals surface area (Å²) in [5.41, 5.74) is 1.12. The van der Waals surface area contributed by atoms with Crippen molar-refractivity contribution >= 4 is 0 Å². The average molecular weight is 245 g/mol. The molecule has 2 atom stereocenters. The Morgan fingerprint density at radius 3 is 2.89 bits per heavy atom. The van der Waals surface area contributed by atoms with Gasteiger partial charge in [-0.3, -0.25) is 0 Å². The molecule has 1 heterocycles. The molecule has 2 aliphatic carbocycles. The molecule has 2 saturated carbocycles. The van der Waals surface area contributed by atoms with E-state index in [1.54, 1.807) is 0 Å². The zero-order valence-electron chi connectivity index (χ0n) is 11.2. The molecule has 0 radical (unpaired) electrons. The van der Waals surface area contributed by atoms with Crippen LogP contribution in [-0.2, 0) is 6.54 Å². The van der Waals surface area contributed by atoms with Gasteiger partial charge in [0.15, 0.2) is 0 Å². The molecule has 0 amide bonds. The van der Waals surface area contributed by atoms with Gasteiger partial charge in [-0.2, -0.15) is 0 Å². The molecule has 18 heavy (non-hydrogen) atoms. The van der Waals surface area contributed by atoms with Gasteiger partial charge in [0.2, 0.25) is 0 Å². The van der Waals surface area contributed by atoms with Gasteiger partial charge in [0.05, 0.1) is 5.69 Å². The lowest BCUT2D eigenvalue weighted by Crippen LogP contribution is -2.34. The van der Waals surface area contributed by atoms with Crippen LogP contribution < -0.4 is 5.32 Å². The summed E-state index contributed by atoms with van der Waals surface area (Å²) in [6.45, 7) is 2.85. The van der Waals surface area contributed by atoms with Crippen LogP contribution in [0.2, 0.25) is 0 Å². The van der Waals surface area contributed by atoms with E-state index in [1.807, 2.05) is 19.2 Å². The van der Waals surface area contributed by atoms with Crippen LogP contribution >= 0.6 is 0 Å². The van der Waals surface area contributed by atoms with Gasteiger partial charge < -0.3 is 5.32 Å². The Bertz CT molecular complexity index is 400. The van der Waals surface area contributed by atoms with Gasteiger partial charge in [-0.15, -0.1) is 0 Å². The number of rotatable bonds is 4. The minimum absolute atomic E-state index is 0.708. The normalized spacial score (nSPS) is 28.3. The highest BCUT2D eigenvalue weighted by molar-refractivity contribution is 5.01. The van der Waals surface area contributed by atoms with Crippen molar-refractivity contribution in [3.8, 4) is 0 Å². The van der Waals surface area contributed by atoms with Crippen molar-refractivity contribution in [3.05, 3.63) is 23.8 Å². The van der Waals surface area contributed by atoms with E-state index < -0.39 is 0 Å². The molecule has 1 N–H and O–H groups in total. The average Bonchev–Trinajstić information content (AvgIpc) is 3.21. The zero-order valence-corrected chi connectivity index (χ0v) is 11.2. The molecule has 0 bridgehead atoms. The lowest BCUT2D eigenvalue weighted by molar-refractivity contribution is 0.259. The highest BCUT2D eigenvalue weighted by Gasteiger charge is 2.34. The van der Waals surface area contributed by atoms with E-state index in [-0.39, 0.29) is 0 Å². The van der Waals surface area contributed by atoms with E-state index in [0.29, 0.717) is 6.04 Å². The Balaban J connectivity index is 1.50. The van der Waals surface area contributed by atoms with Gasteiger partial charge in [-0.05, 0) is 50.5 Å². The molecular formula is C15H23N3. The van der Waals surface area contributed by atoms with Crippen LogP contribution in [0.25, 0.3) is 0 Å². The predicted molar refractivity (Wildman–Crippen MR) is 72.1 cm³/mol. The Morgan fingerprint density at radius 2 is 2.11 bits per heavy atom. The van der Waals surface area contributed by atoms with Gasteiger partial charge in [-0.25, -0.2) is 9.97 Å². The fourth-order valence-electron chi connectivity index (χ4n) is 3.26. The number of aryl methyl sites for hydroxylation is 1. The maximum Gasteiger partial charge on any atom is 0.125 e. The van der Waals surface area contributed by atoms with Crippen molar-refractivity contribution in [1.82, 2.24) is 15.3 Å². The highest BCUT2D eigenvalue weighted by atomic mass is 15.0. The molecule has 98 valence electrons. The van der Waals surface area contributed by atoms with Crippen LogP contribution in [0.1, 0.15) is 50.0 Å². The number of nitrogens with zero attached hydrogens (tertiary/aromatic N) is 2. The summed E-state index contributed by atoms with van der Waals surface area (Å²) in [6.07, 6.45) is 10.4. The molecule has 0 aromatic carbocycles. The van der Waals surface area contributed by atoms with E-state index in [4.69, 9.17) is 0 Å². The lowest BCUT2D eigenvalue weighted by atomic mass is 9.83. The molecule has 0 saturated heterocycles. The Hall–Kier alpha value is -0.960. The van der Waals surface area contributed by atoms with Crippen molar-refractivity contribution in [2.24, 2.45) is 11.8 Å². The summed E-state index contributed by atoms with van der Waals surface area (Å²) < 4.78 is 0. The summed E-state index contributed by atoms with van der Waals surface area (Å²) in [4.78, 5) is 8.59. The highest BCUT2D eigenvalue weighted by Crippen LogP contribution is 2.43. The minimum Gasteiger partial charge on any atom is -0.308 e. The number of hydrogen-bond acceptors (Lipinski definition) is 3. The van der Waals surface area contributed by atoms with Crippen molar-refractivity contribution in [2.75, 3.05) is 0 Å². The summed E-state index contributed by atoms with van der Waals surface area (Å²) >= 11 is 0. The van der Waals surface area contributed by atoms with E-state index in [0.717, 1.165) is 29.9 Å². The number of hydrogen-bond donors (Lipinski definition) is 1. The quantitative estimate of drug-likeness (QED) is 0.886. The molecule has 2 fully saturated rings. The molecule has 1 aromatic heterocycles. The van der Waals surface area contributed by atoms with Gasteiger partial charge in [0, 0.05) is 18.8 Å². The van der Waals surface area contributed by atoms with Crippen molar-refractivity contribution in [1.29, 1.82) is 0 Å². The first-order valence-corrected chi connectivity index (χ1v) is 7.33. The first-order valence-electron chi connectivity index (χ1n) is 7.33. The summed E-state index contributed by atoms with van der Waals surface area (Å²) in [5, 5.41) is 3.69. The largest absolute Gasteiger partial charge is 0.308 e. The van der Waals surface area contributed by atoms with Crippen molar-refractivity contribution in [2.45, 2.75) is 58.0 Å². The van der Waals surface area contributed by atoms with E-state index in [9.17, 15) is 0 Å². The molecule has 3 heteroatoms. The Morgan fingerprint density at radius 1 is 1.22 bits per heavy atom.